The SMILES string of the molecule is NC(=O)c1ccccc1CCC(=O)N[C@H]1CCCN(S(=O)(=O)c2ccccn2)CC1=O. The molecule has 9 nitrogen and oxygen atoms in total. The number of Topliss-reactive ketones (excluding diaryl/α,β-unsaturated/α-hetero) is 1. The fourth-order valence-electron chi connectivity index (χ4n) is 3.48. The Hall–Kier alpha value is -3.11. The molecule has 0 bridgehead atoms. The number of nitrogens with zero attached hydrogens (tertiary/aromatic N) is 2. The van der Waals surface area contributed by atoms with Crippen molar-refractivity contribution in [3.05, 3.63) is 59.8 Å². The fraction of sp³-hybridized carbons (Fsp3) is 0.333. The number of sulfonamides is 1. The van der Waals surface area contributed by atoms with E-state index in [-0.39, 0.29) is 36.2 Å². The van der Waals surface area contributed by atoms with Crippen LogP contribution in [-0.4, -0.2) is 54.4 Å². The molecule has 0 spiro atoms. The highest BCUT2D eigenvalue weighted by atomic mass is 32.2. The van der Waals surface area contributed by atoms with Gasteiger partial charge in [0.05, 0.1) is 12.6 Å². The van der Waals surface area contributed by atoms with Gasteiger partial charge < -0.3 is 11.1 Å². The van der Waals surface area contributed by atoms with Crippen molar-refractivity contribution in [1.82, 2.24) is 14.6 Å². The number of carbonyl (C=O) groups excluding carboxylic acids is 3. The van der Waals surface area contributed by atoms with Gasteiger partial charge in [-0.3, -0.25) is 14.4 Å². The summed E-state index contributed by atoms with van der Waals surface area (Å²) in [6.07, 6.45) is 2.52. The maximum absolute atomic E-state index is 12.7. The lowest BCUT2D eigenvalue weighted by Gasteiger charge is -2.19. The smallest absolute Gasteiger partial charge is 0.260 e. The maximum Gasteiger partial charge on any atom is 0.260 e. The van der Waals surface area contributed by atoms with Crippen LogP contribution in [0.2, 0.25) is 0 Å². The molecule has 1 saturated heterocycles. The molecule has 3 rings (SSSR count). The Morgan fingerprint density at radius 1 is 1.16 bits per heavy atom. The van der Waals surface area contributed by atoms with Gasteiger partial charge in [-0.25, -0.2) is 13.4 Å². The molecule has 1 atom stereocenters. The van der Waals surface area contributed by atoms with Crippen LogP contribution >= 0.6 is 0 Å². The highest BCUT2D eigenvalue weighted by molar-refractivity contribution is 7.89. The van der Waals surface area contributed by atoms with Crippen molar-refractivity contribution < 1.29 is 22.8 Å². The Morgan fingerprint density at radius 2 is 1.90 bits per heavy atom. The predicted molar refractivity (Wildman–Crippen MR) is 112 cm³/mol. The van der Waals surface area contributed by atoms with Crippen molar-refractivity contribution in [1.29, 1.82) is 0 Å². The first kappa shape index (κ1) is 22.6. The number of nitrogens with one attached hydrogen (secondary N) is 1. The van der Waals surface area contributed by atoms with Gasteiger partial charge in [0.2, 0.25) is 11.8 Å². The molecule has 164 valence electrons. The molecule has 1 aromatic heterocycles. The third-order valence-corrected chi connectivity index (χ3v) is 6.86. The lowest BCUT2D eigenvalue weighted by Crippen LogP contribution is -2.44. The molecule has 10 heteroatoms. The molecule has 1 aromatic carbocycles. The summed E-state index contributed by atoms with van der Waals surface area (Å²) in [7, 11) is -3.88. The Labute approximate surface area is 180 Å². The molecule has 0 aliphatic carbocycles. The molecule has 2 amide bonds. The van der Waals surface area contributed by atoms with Gasteiger partial charge >= 0.3 is 0 Å². The molecule has 0 radical (unpaired) electrons. The lowest BCUT2D eigenvalue weighted by atomic mass is 10.0. The number of carbonyl (C=O) groups is 3. The number of amides is 2. The van der Waals surface area contributed by atoms with Crippen LogP contribution in [0.25, 0.3) is 0 Å². The molecule has 31 heavy (non-hydrogen) atoms. The number of primary amides is 1. The van der Waals surface area contributed by atoms with E-state index in [0.29, 0.717) is 30.4 Å². The van der Waals surface area contributed by atoms with E-state index in [4.69, 9.17) is 5.73 Å². The van der Waals surface area contributed by atoms with E-state index in [1.165, 1.54) is 12.3 Å². The number of nitrogens with two attached hydrogens (primary N) is 1. The van der Waals surface area contributed by atoms with E-state index in [0.717, 1.165) is 4.31 Å². The third-order valence-electron chi connectivity index (χ3n) is 5.10. The summed E-state index contributed by atoms with van der Waals surface area (Å²) < 4.78 is 26.6. The number of benzene rings is 1. The maximum atomic E-state index is 12.7. The molecular weight excluding hydrogens is 420 g/mol. The normalized spacial score (nSPS) is 17.7. The van der Waals surface area contributed by atoms with Crippen LogP contribution in [0.15, 0.2) is 53.7 Å². The second-order valence-electron chi connectivity index (χ2n) is 7.26. The van der Waals surface area contributed by atoms with Gasteiger partial charge in [-0.2, -0.15) is 4.31 Å². The number of pyridine rings is 1. The van der Waals surface area contributed by atoms with Crippen molar-refractivity contribution in [2.45, 2.75) is 36.8 Å². The third kappa shape index (κ3) is 5.53. The average molecular weight is 445 g/mol. The number of rotatable bonds is 7. The van der Waals surface area contributed by atoms with Crippen LogP contribution in [0.4, 0.5) is 0 Å². The van der Waals surface area contributed by atoms with Gasteiger partial charge in [0.1, 0.15) is 0 Å². The Morgan fingerprint density at radius 3 is 2.61 bits per heavy atom. The Bertz CT molecular complexity index is 1070. The van der Waals surface area contributed by atoms with E-state index < -0.39 is 22.0 Å². The van der Waals surface area contributed by atoms with Gasteiger partial charge in [0.25, 0.3) is 10.0 Å². The van der Waals surface area contributed by atoms with E-state index in [1.54, 1.807) is 36.4 Å². The molecule has 0 saturated carbocycles. The summed E-state index contributed by atoms with van der Waals surface area (Å²) >= 11 is 0. The van der Waals surface area contributed by atoms with Crippen molar-refractivity contribution in [2.24, 2.45) is 5.73 Å². The largest absolute Gasteiger partial charge is 0.366 e. The Balaban J connectivity index is 1.60. The monoisotopic (exact) mass is 444 g/mol. The highest BCUT2D eigenvalue weighted by Crippen LogP contribution is 2.18. The number of hydrogen-bond acceptors (Lipinski definition) is 6. The number of ketones is 1. The molecular formula is C21H24N4O5S. The van der Waals surface area contributed by atoms with E-state index >= 15 is 0 Å². The van der Waals surface area contributed by atoms with Crippen LogP contribution in [-0.2, 0) is 26.0 Å². The second kappa shape index (κ2) is 9.80. The molecule has 1 aliphatic heterocycles. The molecule has 0 unspecified atom stereocenters. The van der Waals surface area contributed by atoms with E-state index in [9.17, 15) is 22.8 Å². The van der Waals surface area contributed by atoms with Crippen LogP contribution in [0, 0.1) is 0 Å². The van der Waals surface area contributed by atoms with Gasteiger partial charge in [-0.05, 0) is 43.0 Å². The van der Waals surface area contributed by atoms with Gasteiger partial charge in [0.15, 0.2) is 10.8 Å². The molecule has 2 heterocycles. The molecule has 3 N–H and O–H groups in total. The summed E-state index contributed by atoms with van der Waals surface area (Å²) in [4.78, 5) is 40.4. The van der Waals surface area contributed by atoms with Crippen LogP contribution in [0.1, 0.15) is 35.2 Å². The summed E-state index contributed by atoms with van der Waals surface area (Å²) in [5.74, 6) is -1.29. The first-order valence-corrected chi connectivity index (χ1v) is 11.3. The van der Waals surface area contributed by atoms with Gasteiger partial charge in [0, 0.05) is 24.7 Å². The summed E-state index contributed by atoms with van der Waals surface area (Å²) in [6.45, 7) is -0.155. The van der Waals surface area contributed by atoms with Crippen molar-refractivity contribution in [3.63, 3.8) is 0 Å². The summed E-state index contributed by atoms with van der Waals surface area (Å²) in [5, 5.41) is 2.58. The minimum atomic E-state index is -3.88. The molecule has 2 aromatic rings. The average Bonchev–Trinajstić information content (AvgIpc) is 2.95. The van der Waals surface area contributed by atoms with E-state index in [1.807, 2.05) is 0 Å². The zero-order chi connectivity index (χ0) is 22.4. The van der Waals surface area contributed by atoms with Crippen LogP contribution in [0.3, 0.4) is 0 Å². The van der Waals surface area contributed by atoms with Crippen molar-refractivity contribution in [2.75, 3.05) is 13.1 Å². The van der Waals surface area contributed by atoms with Crippen LogP contribution < -0.4 is 11.1 Å². The summed E-state index contributed by atoms with van der Waals surface area (Å²) in [6, 6.07) is 10.6. The number of aromatic nitrogens is 1. The standard InChI is InChI=1S/C21H24N4O5S/c22-21(28)16-7-2-1-6-15(16)10-11-19(27)24-17-8-5-13-25(14-18(17)26)31(29,30)20-9-3-4-12-23-20/h1-4,6-7,9,12,17H,5,8,10-11,13-14H2,(H2,22,28)(H,24,27)/t17-/m0/s1. The lowest BCUT2D eigenvalue weighted by molar-refractivity contribution is -0.127. The summed E-state index contributed by atoms with van der Waals surface area (Å²) in [5.41, 5.74) is 6.37. The topological polar surface area (TPSA) is 140 Å². The second-order valence-corrected chi connectivity index (χ2v) is 9.14. The first-order chi connectivity index (χ1) is 14.8. The quantitative estimate of drug-likeness (QED) is 0.643. The van der Waals surface area contributed by atoms with Crippen molar-refractivity contribution >= 4 is 27.6 Å². The number of aryl methyl sites for hydroxylation is 1. The Kier molecular flexibility index (Phi) is 7.13. The van der Waals surface area contributed by atoms with Gasteiger partial charge in [-0.1, -0.05) is 24.3 Å². The zero-order valence-electron chi connectivity index (χ0n) is 16.9. The fourth-order valence-corrected chi connectivity index (χ4v) is 4.85. The molecule has 1 aliphatic rings. The highest BCUT2D eigenvalue weighted by Gasteiger charge is 2.33. The molecule has 1 fully saturated rings. The zero-order valence-corrected chi connectivity index (χ0v) is 17.7. The van der Waals surface area contributed by atoms with E-state index in [2.05, 4.69) is 10.3 Å². The number of hydrogen-bond donors (Lipinski definition) is 2. The first-order valence-electron chi connectivity index (χ1n) is 9.90. The predicted octanol–water partition coefficient (Wildman–Crippen LogP) is 0.652. The minimum absolute atomic E-state index is 0.0734. The van der Waals surface area contributed by atoms with Crippen LogP contribution in [0.5, 0.6) is 0 Å². The minimum Gasteiger partial charge on any atom is -0.366 e. The van der Waals surface area contributed by atoms with Crippen molar-refractivity contribution in [3.8, 4) is 0 Å². The van der Waals surface area contributed by atoms with Gasteiger partial charge in [-0.15, -0.1) is 0 Å².